The third-order valence-corrected chi connectivity index (χ3v) is 5.30. The van der Waals surface area contributed by atoms with E-state index < -0.39 is 17.1 Å². The third kappa shape index (κ3) is 3.78. The second kappa shape index (κ2) is 8.50. The lowest BCUT2D eigenvalue weighted by atomic mass is 9.99. The van der Waals surface area contributed by atoms with Crippen molar-refractivity contribution >= 4 is 5.71 Å². The Morgan fingerprint density at radius 2 is 1.75 bits per heavy atom. The number of benzene rings is 2. The molecule has 0 radical (unpaired) electrons. The molecule has 0 saturated carbocycles. The summed E-state index contributed by atoms with van der Waals surface area (Å²) >= 11 is 0. The summed E-state index contributed by atoms with van der Waals surface area (Å²) in [7, 11) is 2.85. The first-order valence-corrected chi connectivity index (χ1v) is 9.80. The van der Waals surface area contributed by atoms with Crippen LogP contribution < -0.4 is 26.1 Å². The molecule has 0 spiro atoms. The minimum atomic E-state index is -0.723. The van der Waals surface area contributed by atoms with Gasteiger partial charge in [-0.3, -0.25) is 14.3 Å². The van der Waals surface area contributed by atoms with Gasteiger partial charge in [-0.2, -0.15) is 5.10 Å². The van der Waals surface area contributed by atoms with Crippen molar-refractivity contribution in [3.8, 4) is 23.1 Å². The van der Waals surface area contributed by atoms with E-state index in [1.165, 1.54) is 14.2 Å². The SMILES string of the molecule is COc1cc([C@H]2CC(c3c(O)n(Cc4ccccc4)c(=O)[nH]c3=O)=NN2)cc(OC)c1O. The molecule has 1 aliphatic heterocycles. The molecular formula is C22H22N4O6. The topological polar surface area (TPSA) is 138 Å². The maximum atomic E-state index is 12.5. The number of phenols is 1. The summed E-state index contributed by atoms with van der Waals surface area (Å²) < 4.78 is 11.5. The molecule has 32 heavy (non-hydrogen) atoms. The minimum absolute atomic E-state index is 0.0757. The Kier molecular flexibility index (Phi) is 5.59. The van der Waals surface area contributed by atoms with Crippen LogP contribution in [0.1, 0.15) is 29.2 Å². The van der Waals surface area contributed by atoms with Crippen LogP contribution in [0.2, 0.25) is 0 Å². The van der Waals surface area contributed by atoms with Gasteiger partial charge in [-0.25, -0.2) is 4.79 Å². The van der Waals surface area contributed by atoms with Crippen molar-refractivity contribution in [1.82, 2.24) is 15.0 Å². The lowest BCUT2D eigenvalue weighted by molar-refractivity contribution is 0.338. The number of hydrazone groups is 1. The van der Waals surface area contributed by atoms with E-state index in [-0.39, 0.29) is 41.8 Å². The lowest BCUT2D eigenvalue weighted by Gasteiger charge is -2.15. The van der Waals surface area contributed by atoms with Crippen LogP contribution in [0.15, 0.2) is 57.2 Å². The average molecular weight is 438 g/mol. The number of aromatic hydroxyl groups is 2. The molecule has 0 saturated heterocycles. The van der Waals surface area contributed by atoms with Crippen LogP contribution in [-0.2, 0) is 6.54 Å². The first-order chi connectivity index (χ1) is 15.4. The summed E-state index contributed by atoms with van der Waals surface area (Å²) in [6.45, 7) is 0.0891. The number of ether oxygens (including phenoxy) is 2. The van der Waals surface area contributed by atoms with E-state index in [1.54, 1.807) is 12.1 Å². The predicted molar refractivity (Wildman–Crippen MR) is 117 cm³/mol. The van der Waals surface area contributed by atoms with Crippen LogP contribution in [0.4, 0.5) is 0 Å². The fraction of sp³-hybridized carbons (Fsp3) is 0.227. The molecule has 2 aromatic carbocycles. The van der Waals surface area contributed by atoms with Crippen LogP contribution >= 0.6 is 0 Å². The highest BCUT2D eigenvalue weighted by Gasteiger charge is 2.28. The van der Waals surface area contributed by atoms with E-state index in [4.69, 9.17) is 9.47 Å². The number of hydrogen-bond donors (Lipinski definition) is 4. The molecule has 10 nitrogen and oxygen atoms in total. The van der Waals surface area contributed by atoms with Gasteiger partial charge in [-0.15, -0.1) is 0 Å². The molecule has 2 heterocycles. The Labute approximate surface area is 182 Å². The van der Waals surface area contributed by atoms with E-state index in [0.29, 0.717) is 11.3 Å². The Balaban J connectivity index is 1.67. The number of nitrogens with one attached hydrogen (secondary N) is 2. The van der Waals surface area contributed by atoms with Crippen LogP contribution in [0.5, 0.6) is 23.1 Å². The van der Waals surface area contributed by atoms with Gasteiger partial charge in [0.25, 0.3) is 5.56 Å². The molecule has 3 aromatic rings. The standard InChI is InChI=1S/C22H22N4O6/c1-31-16-8-13(9-17(32-2)19(16)27)14-10-15(25-24-14)18-20(28)23-22(30)26(21(18)29)11-12-6-4-3-5-7-12/h3-9,14,24,27,29H,10-11H2,1-2H3,(H,23,28,30)/t14-/m1/s1. The molecule has 4 N–H and O–H groups in total. The van der Waals surface area contributed by atoms with Crippen molar-refractivity contribution in [1.29, 1.82) is 0 Å². The molecule has 0 bridgehead atoms. The van der Waals surface area contributed by atoms with Gasteiger partial charge in [0.15, 0.2) is 11.5 Å². The molecule has 0 aliphatic carbocycles. The van der Waals surface area contributed by atoms with E-state index in [9.17, 15) is 19.8 Å². The molecule has 4 rings (SSSR count). The molecule has 1 aromatic heterocycles. The zero-order valence-corrected chi connectivity index (χ0v) is 17.5. The number of hydrogen-bond acceptors (Lipinski definition) is 8. The zero-order valence-electron chi connectivity index (χ0n) is 17.5. The van der Waals surface area contributed by atoms with Crippen molar-refractivity contribution < 1.29 is 19.7 Å². The van der Waals surface area contributed by atoms with Crippen LogP contribution in [0.25, 0.3) is 0 Å². The number of aromatic amines is 1. The van der Waals surface area contributed by atoms with Gasteiger partial charge in [-0.1, -0.05) is 30.3 Å². The lowest BCUT2D eigenvalue weighted by Crippen LogP contribution is -2.34. The van der Waals surface area contributed by atoms with Crippen LogP contribution in [0.3, 0.4) is 0 Å². The first-order valence-electron chi connectivity index (χ1n) is 9.80. The summed E-state index contributed by atoms with van der Waals surface area (Å²) in [4.78, 5) is 27.1. The van der Waals surface area contributed by atoms with Gasteiger partial charge in [0.1, 0.15) is 5.56 Å². The molecular weight excluding hydrogens is 416 g/mol. The van der Waals surface area contributed by atoms with Crippen molar-refractivity contribution in [3.63, 3.8) is 0 Å². The van der Waals surface area contributed by atoms with Crippen LogP contribution in [-0.4, -0.2) is 39.7 Å². The molecule has 0 amide bonds. The minimum Gasteiger partial charge on any atom is -0.502 e. The summed E-state index contributed by atoms with van der Waals surface area (Å²) in [5.74, 6) is -0.122. The first kappa shape index (κ1) is 21.0. The second-order valence-electron chi connectivity index (χ2n) is 7.25. The van der Waals surface area contributed by atoms with Gasteiger partial charge in [0, 0.05) is 6.42 Å². The summed E-state index contributed by atoms with van der Waals surface area (Å²) in [6, 6.07) is 12.0. The maximum absolute atomic E-state index is 12.5. The number of H-pyrrole nitrogens is 1. The Hall–Kier alpha value is -4.21. The number of phenolic OH excluding ortho intramolecular Hbond substituents is 1. The van der Waals surface area contributed by atoms with E-state index in [2.05, 4.69) is 15.5 Å². The second-order valence-corrected chi connectivity index (χ2v) is 7.25. The van der Waals surface area contributed by atoms with Crippen molar-refractivity contribution in [3.05, 3.63) is 80.0 Å². The molecule has 1 aliphatic rings. The molecule has 0 unspecified atom stereocenters. The Bertz CT molecular complexity index is 1270. The molecule has 166 valence electrons. The van der Waals surface area contributed by atoms with Crippen molar-refractivity contribution in [2.75, 3.05) is 14.2 Å². The fourth-order valence-electron chi connectivity index (χ4n) is 3.64. The van der Waals surface area contributed by atoms with E-state index in [1.807, 2.05) is 30.3 Å². The number of methoxy groups -OCH3 is 2. The smallest absolute Gasteiger partial charge is 0.331 e. The molecule has 0 fully saturated rings. The predicted octanol–water partition coefficient (Wildman–Crippen LogP) is 1.45. The number of aromatic nitrogens is 2. The van der Waals surface area contributed by atoms with Gasteiger partial charge in [-0.05, 0) is 23.3 Å². The third-order valence-electron chi connectivity index (χ3n) is 5.30. The quantitative estimate of drug-likeness (QED) is 0.457. The highest BCUT2D eigenvalue weighted by molar-refractivity contribution is 6.03. The van der Waals surface area contributed by atoms with Gasteiger partial charge in [0.05, 0.1) is 32.5 Å². The summed E-state index contributed by atoms with van der Waals surface area (Å²) in [6.07, 6.45) is 0.247. The molecule has 10 heteroatoms. The van der Waals surface area contributed by atoms with Crippen molar-refractivity contribution in [2.24, 2.45) is 5.10 Å². The maximum Gasteiger partial charge on any atom is 0.331 e. The van der Waals surface area contributed by atoms with Crippen molar-refractivity contribution in [2.45, 2.75) is 19.0 Å². The van der Waals surface area contributed by atoms with E-state index in [0.717, 1.165) is 10.1 Å². The number of rotatable bonds is 6. The highest BCUT2D eigenvalue weighted by atomic mass is 16.5. The zero-order chi connectivity index (χ0) is 22.8. The number of nitrogens with zero attached hydrogens (tertiary/aromatic N) is 2. The van der Waals surface area contributed by atoms with Gasteiger partial charge in [0.2, 0.25) is 11.6 Å². The Morgan fingerprint density at radius 3 is 2.38 bits per heavy atom. The van der Waals surface area contributed by atoms with E-state index >= 15 is 0 Å². The largest absolute Gasteiger partial charge is 0.502 e. The monoisotopic (exact) mass is 438 g/mol. The van der Waals surface area contributed by atoms with Gasteiger partial charge < -0.3 is 25.1 Å². The summed E-state index contributed by atoms with van der Waals surface area (Å²) in [5, 5.41) is 25.1. The normalized spacial score (nSPS) is 15.2. The average Bonchev–Trinajstić information content (AvgIpc) is 3.27. The van der Waals surface area contributed by atoms with Gasteiger partial charge >= 0.3 is 5.69 Å². The highest BCUT2D eigenvalue weighted by Crippen LogP contribution is 2.40. The summed E-state index contributed by atoms with van der Waals surface area (Å²) in [5.41, 5.74) is 3.19. The fourth-order valence-corrected chi connectivity index (χ4v) is 3.64. The Morgan fingerprint density at radius 1 is 1.09 bits per heavy atom. The van der Waals surface area contributed by atoms with Crippen LogP contribution in [0, 0.1) is 0 Å². The molecule has 1 atom stereocenters.